The summed E-state index contributed by atoms with van der Waals surface area (Å²) in [6, 6.07) is 20.8. The van der Waals surface area contributed by atoms with Crippen LogP contribution in [-0.2, 0) is 17.9 Å². The van der Waals surface area contributed by atoms with Crippen LogP contribution < -0.4 is 10.2 Å². The highest BCUT2D eigenvalue weighted by molar-refractivity contribution is 6.15. The zero-order valence-corrected chi connectivity index (χ0v) is 19.9. The highest BCUT2D eigenvalue weighted by atomic mass is 19.1. The molecule has 1 aliphatic heterocycles. The van der Waals surface area contributed by atoms with Crippen molar-refractivity contribution in [1.29, 1.82) is 5.26 Å². The molecule has 0 fully saturated rings. The number of nitrogens with zero attached hydrogens (tertiary/aromatic N) is 4. The molecule has 1 aliphatic rings. The monoisotopic (exact) mass is 495 g/mol. The number of hydrogen-bond acceptors (Lipinski definition) is 5. The Kier molecular flexibility index (Phi) is 6.49. The third-order valence-electron chi connectivity index (χ3n) is 6.18. The molecule has 2 heterocycles. The Morgan fingerprint density at radius 2 is 1.89 bits per heavy atom. The lowest BCUT2D eigenvalue weighted by Crippen LogP contribution is -2.41. The van der Waals surface area contributed by atoms with Crippen molar-refractivity contribution in [3.8, 4) is 17.2 Å². The lowest BCUT2D eigenvalue weighted by atomic mass is 10.0. The first-order chi connectivity index (χ1) is 18.0. The van der Waals surface area contributed by atoms with Crippen molar-refractivity contribution in [2.45, 2.75) is 13.2 Å². The summed E-state index contributed by atoms with van der Waals surface area (Å²) < 4.78 is 20.9. The van der Waals surface area contributed by atoms with Crippen molar-refractivity contribution >= 4 is 23.2 Å². The zero-order chi connectivity index (χ0) is 25.9. The van der Waals surface area contributed by atoms with Gasteiger partial charge in [-0.05, 0) is 47.5 Å². The predicted octanol–water partition coefficient (Wildman–Crippen LogP) is 4.62. The topological polar surface area (TPSA) is 100 Å². The predicted molar refractivity (Wildman–Crippen MR) is 136 cm³/mol. The molecule has 9 heteroatoms. The van der Waals surface area contributed by atoms with Gasteiger partial charge in [0.05, 0.1) is 36.5 Å². The van der Waals surface area contributed by atoms with Crippen LogP contribution in [0.5, 0.6) is 0 Å². The maximum atomic E-state index is 14.3. The van der Waals surface area contributed by atoms with Crippen molar-refractivity contribution in [2.24, 2.45) is 0 Å². The van der Waals surface area contributed by atoms with Gasteiger partial charge in [-0.25, -0.2) is 4.39 Å². The molecule has 4 aromatic rings. The van der Waals surface area contributed by atoms with Gasteiger partial charge in [0, 0.05) is 30.6 Å². The van der Waals surface area contributed by atoms with Gasteiger partial charge in [-0.15, -0.1) is 0 Å². The Bertz CT molecular complexity index is 1540. The van der Waals surface area contributed by atoms with Gasteiger partial charge in [-0.3, -0.25) is 14.3 Å². The second kappa shape index (κ2) is 10.0. The fraction of sp³-hybridized carbons (Fsp3) is 0.143. The summed E-state index contributed by atoms with van der Waals surface area (Å²) in [4.78, 5) is 28.0. The van der Waals surface area contributed by atoms with Crippen LogP contribution >= 0.6 is 0 Å². The Balaban J connectivity index is 1.36. The molecule has 1 aromatic heterocycles. The average molecular weight is 496 g/mol. The van der Waals surface area contributed by atoms with Gasteiger partial charge in [-0.2, -0.15) is 10.4 Å². The van der Waals surface area contributed by atoms with Gasteiger partial charge in [-0.1, -0.05) is 30.3 Å². The van der Waals surface area contributed by atoms with Crippen LogP contribution in [0.2, 0.25) is 0 Å². The number of ether oxygens (including phenoxy) is 1. The van der Waals surface area contributed by atoms with E-state index in [2.05, 4.69) is 10.4 Å². The van der Waals surface area contributed by atoms with Crippen molar-refractivity contribution in [1.82, 2.24) is 9.78 Å². The third kappa shape index (κ3) is 4.70. The minimum absolute atomic E-state index is 0.153. The fourth-order valence-electron chi connectivity index (χ4n) is 4.32. The third-order valence-corrected chi connectivity index (χ3v) is 6.18. The first-order valence-electron chi connectivity index (χ1n) is 11.6. The molecule has 0 atom stereocenters. The van der Waals surface area contributed by atoms with Crippen molar-refractivity contribution in [3.63, 3.8) is 0 Å². The molecule has 0 radical (unpaired) electrons. The number of anilines is 2. The molecule has 3 aromatic carbocycles. The van der Waals surface area contributed by atoms with E-state index in [9.17, 15) is 14.0 Å². The molecule has 0 spiro atoms. The number of benzene rings is 3. The molecule has 0 saturated carbocycles. The number of halogens is 1. The minimum Gasteiger partial charge on any atom is -0.380 e. The van der Waals surface area contributed by atoms with Gasteiger partial charge in [0.25, 0.3) is 11.8 Å². The molecule has 0 saturated heterocycles. The molecule has 0 aliphatic carbocycles. The number of nitrogens with one attached hydrogen (secondary N) is 1. The van der Waals surface area contributed by atoms with E-state index >= 15 is 0 Å². The van der Waals surface area contributed by atoms with E-state index in [-0.39, 0.29) is 29.6 Å². The average Bonchev–Trinajstić information content (AvgIpc) is 3.36. The number of nitriles is 1. The molecule has 37 heavy (non-hydrogen) atoms. The van der Waals surface area contributed by atoms with Crippen LogP contribution in [-0.4, -0.2) is 35.2 Å². The lowest BCUT2D eigenvalue weighted by Gasteiger charge is -2.28. The highest BCUT2D eigenvalue weighted by Gasteiger charge is 2.32. The van der Waals surface area contributed by atoms with Gasteiger partial charge in [0.15, 0.2) is 0 Å². The second-order valence-electron chi connectivity index (χ2n) is 8.52. The normalized spacial score (nSPS) is 12.7. The van der Waals surface area contributed by atoms with Gasteiger partial charge in [0.1, 0.15) is 11.5 Å². The Morgan fingerprint density at radius 3 is 2.62 bits per heavy atom. The Hall–Kier alpha value is -4.81. The molecule has 5 rings (SSSR count). The number of rotatable bonds is 6. The van der Waals surface area contributed by atoms with Crippen LogP contribution in [0.15, 0.2) is 72.9 Å². The van der Waals surface area contributed by atoms with E-state index in [1.54, 1.807) is 47.4 Å². The highest BCUT2D eigenvalue weighted by Crippen LogP contribution is 2.28. The first kappa shape index (κ1) is 23.9. The van der Waals surface area contributed by atoms with Crippen molar-refractivity contribution < 1.29 is 18.7 Å². The van der Waals surface area contributed by atoms with E-state index in [1.807, 2.05) is 24.3 Å². The van der Waals surface area contributed by atoms with Gasteiger partial charge < -0.3 is 15.0 Å². The first-order valence-corrected chi connectivity index (χ1v) is 11.6. The number of carbonyl (C=O) groups is 2. The maximum Gasteiger partial charge on any atom is 0.277 e. The number of methoxy groups -OCH3 is 1. The fourth-order valence-corrected chi connectivity index (χ4v) is 4.32. The van der Waals surface area contributed by atoms with Crippen LogP contribution in [0.4, 0.5) is 15.8 Å². The Morgan fingerprint density at radius 1 is 1.11 bits per heavy atom. The van der Waals surface area contributed by atoms with Gasteiger partial charge in [0.2, 0.25) is 0 Å². The van der Waals surface area contributed by atoms with Crippen LogP contribution in [0.25, 0.3) is 11.1 Å². The smallest absolute Gasteiger partial charge is 0.277 e. The number of fused-ring (bicyclic) bond motifs is 1. The standard InChI is InChI=1S/C28H22FN5O3/c1-37-17-21-6-5-20(14-25(21)29)19-7-9-23(10-8-19)33-11-12-34-26(28(33)36)24(16-31-34)27(35)32-22-4-2-3-18(13-22)15-30/h2-10,13-14,16H,11-12,17H2,1H3,(H,32,35). The van der Waals surface area contributed by atoms with Crippen LogP contribution in [0.3, 0.4) is 0 Å². The molecule has 8 nitrogen and oxygen atoms in total. The van der Waals surface area contributed by atoms with Gasteiger partial charge >= 0.3 is 0 Å². The minimum atomic E-state index is -0.485. The summed E-state index contributed by atoms with van der Waals surface area (Å²) in [5, 5.41) is 16.0. The summed E-state index contributed by atoms with van der Waals surface area (Å²) in [6.07, 6.45) is 1.38. The quantitative estimate of drug-likeness (QED) is 0.421. The lowest BCUT2D eigenvalue weighted by molar-refractivity contribution is 0.0947. The maximum absolute atomic E-state index is 14.3. The summed E-state index contributed by atoms with van der Waals surface area (Å²) in [5.74, 6) is -1.17. The van der Waals surface area contributed by atoms with E-state index in [0.717, 1.165) is 5.56 Å². The Labute approximate surface area is 212 Å². The molecule has 1 N–H and O–H groups in total. The summed E-state index contributed by atoms with van der Waals surface area (Å²) in [5.41, 5.74) is 3.87. The largest absolute Gasteiger partial charge is 0.380 e. The number of amides is 2. The molecule has 0 bridgehead atoms. The van der Waals surface area contributed by atoms with Crippen LogP contribution in [0, 0.1) is 17.1 Å². The SMILES string of the molecule is COCc1ccc(-c2ccc(N3CCn4ncc(C(=O)Nc5cccc(C#N)c5)c4C3=O)cc2)cc1F. The van der Waals surface area contributed by atoms with Crippen molar-refractivity contribution in [3.05, 3.63) is 101 Å². The van der Waals surface area contributed by atoms with Crippen LogP contribution in [0.1, 0.15) is 32.0 Å². The number of hydrogen-bond donors (Lipinski definition) is 1. The number of carbonyl (C=O) groups excluding carboxylic acids is 2. The summed E-state index contributed by atoms with van der Waals surface area (Å²) in [7, 11) is 1.52. The summed E-state index contributed by atoms with van der Waals surface area (Å²) in [6.45, 7) is 1.01. The molecule has 0 unspecified atom stereocenters. The molecular weight excluding hydrogens is 473 g/mol. The molecular formula is C28H22FN5O3. The van der Waals surface area contributed by atoms with Crippen molar-refractivity contribution in [2.75, 3.05) is 23.9 Å². The van der Waals surface area contributed by atoms with E-state index in [4.69, 9.17) is 10.00 Å². The number of aromatic nitrogens is 2. The van der Waals surface area contributed by atoms with E-state index in [0.29, 0.717) is 41.2 Å². The molecule has 184 valence electrons. The second-order valence-corrected chi connectivity index (χ2v) is 8.52. The molecule has 2 amide bonds. The van der Waals surface area contributed by atoms with E-state index < -0.39 is 5.91 Å². The summed E-state index contributed by atoms with van der Waals surface area (Å²) >= 11 is 0. The van der Waals surface area contributed by atoms with E-state index in [1.165, 1.54) is 24.1 Å². The zero-order valence-electron chi connectivity index (χ0n) is 19.9.